The summed E-state index contributed by atoms with van der Waals surface area (Å²) in [7, 11) is 13.0. The van der Waals surface area contributed by atoms with E-state index in [1.807, 2.05) is 0 Å². The zero-order chi connectivity index (χ0) is 76.8. The molecule has 0 bridgehead atoms. The molecule has 14 unspecified atom stereocenters. The Kier molecular flexibility index (Phi) is 46.5. The lowest BCUT2D eigenvalue weighted by Crippen LogP contribution is -2.51. The van der Waals surface area contributed by atoms with E-state index in [2.05, 4.69) is 284 Å². The molecule has 0 aromatic carbocycles. The maximum absolute atomic E-state index is 2.45. The largest absolute Gasteiger partial charge is 0.306 e. The molecule has 8 saturated carbocycles. The Morgan fingerprint density at radius 2 is 0.640 bits per heavy atom. The molecule has 14 atom stereocenters. The van der Waals surface area contributed by atoms with E-state index in [9.17, 15) is 0 Å². The van der Waals surface area contributed by atoms with Crippen LogP contribution in [0.4, 0.5) is 0 Å². The van der Waals surface area contributed by atoms with E-state index in [1.54, 1.807) is 0 Å². The van der Waals surface area contributed by atoms with Gasteiger partial charge in [0.25, 0.3) is 0 Å². The second kappa shape index (κ2) is 47.6. The molecule has 0 amide bonds. The van der Waals surface area contributed by atoms with Gasteiger partial charge in [-0.25, -0.2) is 0 Å². The van der Waals surface area contributed by atoms with Crippen LogP contribution >= 0.6 is 0 Å². The number of hydrogen-bond acceptors (Lipinski definition) is 7. The predicted octanol–water partition coefficient (Wildman–Crippen LogP) is 24.2. The molecule has 100 heavy (non-hydrogen) atoms. The fourth-order valence-corrected chi connectivity index (χ4v) is 16.7. The van der Waals surface area contributed by atoms with Crippen LogP contribution in [0.5, 0.6) is 0 Å². The van der Waals surface area contributed by atoms with Crippen LogP contribution in [0.15, 0.2) is 0 Å². The summed E-state index contributed by atoms with van der Waals surface area (Å²) in [5, 5.41) is 0. The molecule has 15 aliphatic rings. The van der Waals surface area contributed by atoms with Crippen LogP contribution in [0.2, 0.25) is 0 Å². The Morgan fingerprint density at radius 1 is 0.320 bits per heavy atom. The second-order valence-electron chi connectivity index (χ2n) is 41.9. The molecule has 7 aliphatic heterocycles. The minimum atomic E-state index is 0.620. The van der Waals surface area contributed by atoms with Gasteiger partial charge in [0.1, 0.15) is 0 Å². The summed E-state index contributed by atoms with van der Waals surface area (Å²) in [6.45, 7) is 88.8. The molecule has 15 rings (SSSR count). The molecule has 0 aromatic rings. The first-order valence-electron chi connectivity index (χ1n) is 44.1. The van der Waals surface area contributed by atoms with Crippen molar-refractivity contribution in [1.82, 2.24) is 34.3 Å². The van der Waals surface area contributed by atoms with Gasteiger partial charge in [0.2, 0.25) is 0 Å². The summed E-state index contributed by atoms with van der Waals surface area (Å²) >= 11 is 0. The highest BCUT2D eigenvalue weighted by Crippen LogP contribution is 2.57. The van der Waals surface area contributed by atoms with Crippen molar-refractivity contribution in [3.8, 4) is 0 Å². The van der Waals surface area contributed by atoms with Gasteiger partial charge in [-0.1, -0.05) is 265 Å². The molecule has 7 nitrogen and oxygen atoms in total. The summed E-state index contributed by atoms with van der Waals surface area (Å²) in [6.07, 6.45) is 25.9. The molecule has 600 valence electrons. The zero-order valence-electron chi connectivity index (χ0n) is 75.9. The number of nitrogens with zero attached hydrogens (tertiary/aromatic N) is 7. The maximum Gasteiger partial charge on any atom is 0.00447 e. The summed E-state index contributed by atoms with van der Waals surface area (Å²) in [4.78, 5) is 16.6. The number of rotatable bonds is 6. The molecule has 7 heterocycles. The van der Waals surface area contributed by atoms with E-state index in [1.165, 1.54) is 214 Å². The fraction of sp³-hybridized carbons (Fsp3) is 1.00. The van der Waals surface area contributed by atoms with E-state index < -0.39 is 0 Å². The normalized spacial score (nSPS) is 35.8. The van der Waals surface area contributed by atoms with Crippen molar-refractivity contribution in [2.45, 2.75) is 323 Å². The molecule has 0 aromatic heterocycles. The average molecular weight is 1410 g/mol. The van der Waals surface area contributed by atoms with Crippen molar-refractivity contribution < 1.29 is 0 Å². The van der Waals surface area contributed by atoms with E-state index in [4.69, 9.17) is 0 Å². The van der Waals surface area contributed by atoms with E-state index >= 15 is 0 Å². The van der Waals surface area contributed by atoms with Crippen LogP contribution in [0.25, 0.3) is 0 Å². The molecule has 7 heteroatoms. The van der Waals surface area contributed by atoms with Crippen molar-refractivity contribution >= 4 is 0 Å². The maximum atomic E-state index is 2.45. The number of hydrogen-bond donors (Lipinski definition) is 0. The molecule has 0 N–H and O–H groups in total. The van der Waals surface area contributed by atoms with Crippen LogP contribution in [-0.4, -0.2) is 175 Å². The van der Waals surface area contributed by atoms with Gasteiger partial charge in [0.15, 0.2) is 0 Å². The van der Waals surface area contributed by atoms with Crippen molar-refractivity contribution in [3.05, 3.63) is 0 Å². The quantitative estimate of drug-likeness (QED) is 0.261. The Hall–Kier alpha value is -0.280. The molecule has 8 aliphatic carbocycles. The second-order valence-corrected chi connectivity index (χ2v) is 41.9. The Labute approximate surface area is 634 Å². The Bertz CT molecular complexity index is 1870. The first-order chi connectivity index (χ1) is 46.2. The van der Waals surface area contributed by atoms with E-state index in [-0.39, 0.29) is 0 Å². The molecule has 0 radical (unpaired) electrons. The summed E-state index contributed by atoms with van der Waals surface area (Å²) in [5.74, 6) is 19.3. The third-order valence-corrected chi connectivity index (χ3v) is 28.3. The smallest absolute Gasteiger partial charge is 0.00447 e. The summed E-state index contributed by atoms with van der Waals surface area (Å²) in [5.41, 5.74) is 3.36. The van der Waals surface area contributed by atoms with E-state index in [0.29, 0.717) is 27.1 Å². The molecule has 7 saturated heterocycles. The van der Waals surface area contributed by atoms with Crippen LogP contribution in [0.3, 0.4) is 0 Å². The van der Waals surface area contributed by atoms with Gasteiger partial charge in [-0.3, -0.25) is 0 Å². The third-order valence-electron chi connectivity index (χ3n) is 28.3. The van der Waals surface area contributed by atoms with E-state index in [0.717, 1.165) is 112 Å². The van der Waals surface area contributed by atoms with Gasteiger partial charge < -0.3 is 34.3 Å². The van der Waals surface area contributed by atoms with Crippen molar-refractivity contribution in [1.29, 1.82) is 0 Å². The standard InChI is InChI=1S/2C7H15N.2C7H14.4C6H13N.6C6H12.C5H11N/c1-4-7(2)5-8(3)6-7;1-3-7-4-5-8(2)6-7;1-5-6(2)7(5,3)4;1-6-4-3-5-7(6)2;1-6(2)4-7(3)5-6;1-6-3-4-7(2)5-6;1-3-6-4-7(2)5-6;1-3-7-4-6(2)5-7;2*1-5-4-6(5,2)3;1-5-3-6(2)4-5;1-5-3-4-6(5)2;2*1-3-6-4-5(6)2;1-5-3-6(2)4-5/h4-6H2,1-3H3;7H,3-6H2,1-2H3;5-6H,1-4H3;6-7H,3-5H2,1-2H3;4-5H2,1-3H3;3*6H,3-5H2,1-2H3;2*5H,4H2,1-3H3;4*5-6H,3-4H2,1-2H3;5H,3-4H2,1-2H3. The Balaban J connectivity index is 0.000000536. The molecular weight excluding hydrogens is 1220 g/mol. The lowest BCUT2D eigenvalue weighted by molar-refractivity contribution is 0.0361. The lowest BCUT2D eigenvalue weighted by Gasteiger charge is -2.45. The third kappa shape index (κ3) is 43.1. The molecule has 15 fully saturated rings. The lowest BCUT2D eigenvalue weighted by atomic mass is 9.77. The summed E-state index contributed by atoms with van der Waals surface area (Å²) in [6, 6.07) is 0. The van der Waals surface area contributed by atoms with Crippen LogP contribution in [0.1, 0.15) is 323 Å². The highest BCUT2D eigenvalue weighted by molar-refractivity contribution is 4.99. The first-order valence-corrected chi connectivity index (χ1v) is 44.1. The van der Waals surface area contributed by atoms with Gasteiger partial charge in [0, 0.05) is 78.5 Å². The van der Waals surface area contributed by atoms with Crippen molar-refractivity contribution in [3.63, 3.8) is 0 Å². The Morgan fingerprint density at radius 3 is 0.710 bits per heavy atom. The van der Waals surface area contributed by atoms with Crippen molar-refractivity contribution in [2.24, 2.45) is 140 Å². The molecule has 0 spiro atoms. The van der Waals surface area contributed by atoms with Gasteiger partial charge in [-0.05, 0) is 259 Å². The van der Waals surface area contributed by atoms with Gasteiger partial charge in [-0.2, -0.15) is 0 Å². The fourth-order valence-electron chi connectivity index (χ4n) is 16.7. The first kappa shape index (κ1) is 97.7. The SMILES string of the molecule is CC1C(C)C1(C)C.CC1CC(C)C1.CC1CC1(C)C.CC1CC1(C)C.CC1CCC1C.CC1CCCC1C.CC1CCN(C)C1.CC1CN(C)C1.CCC1(C)CN(C)C1.CCC1CC1C.CCC1CC1C.CCC1CCN(C)C1.CCC1CN(C)C1.CCN1CC(C)C1.CN1CC(C)(C)C1. The molecular formula is C93H193N7. The van der Waals surface area contributed by atoms with Gasteiger partial charge >= 0.3 is 0 Å². The van der Waals surface area contributed by atoms with Crippen LogP contribution in [0, 0.1) is 140 Å². The minimum Gasteiger partial charge on any atom is -0.306 e. The summed E-state index contributed by atoms with van der Waals surface area (Å²) < 4.78 is 0. The van der Waals surface area contributed by atoms with Crippen LogP contribution in [-0.2, 0) is 0 Å². The van der Waals surface area contributed by atoms with Crippen molar-refractivity contribution in [2.75, 3.05) is 140 Å². The van der Waals surface area contributed by atoms with Crippen LogP contribution < -0.4 is 0 Å². The predicted molar refractivity (Wildman–Crippen MR) is 453 cm³/mol. The van der Waals surface area contributed by atoms with Gasteiger partial charge in [0.05, 0.1) is 0 Å². The highest BCUT2D eigenvalue weighted by Gasteiger charge is 2.50. The topological polar surface area (TPSA) is 22.7 Å². The average Bonchev–Trinajstić information content (AvgIpc) is 1.60. The number of likely N-dealkylation sites (tertiary alicyclic amines) is 7. The minimum absolute atomic E-state index is 0.620. The highest BCUT2D eigenvalue weighted by atomic mass is 15.2. The van der Waals surface area contributed by atoms with Gasteiger partial charge in [-0.15, -0.1) is 0 Å². The zero-order valence-corrected chi connectivity index (χ0v) is 75.9. The monoisotopic (exact) mass is 1410 g/mol.